The van der Waals surface area contributed by atoms with Crippen LogP contribution in [0.2, 0.25) is 0 Å². The predicted molar refractivity (Wildman–Crippen MR) is 91.6 cm³/mol. The van der Waals surface area contributed by atoms with Crippen LogP contribution in [0.4, 0.5) is 0 Å². The van der Waals surface area contributed by atoms with Gasteiger partial charge in [-0.3, -0.25) is 4.79 Å². The maximum absolute atomic E-state index is 12.7. The number of aliphatic hydroxyl groups is 1. The molecule has 0 bridgehead atoms. The van der Waals surface area contributed by atoms with Crippen LogP contribution in [-0.2, 0) is 11.8 Å². The molecule has 0 unspecified atom stereocenters. The number of ether oxygens (including phenoxy) is 2. The van der Waals surface area contributed by atoms with Gasteiger partial charge in [0.05, 0.1) is 19.8 Å². The van der Waals surface area contributed by atoms with Crippen molar-refractivity contribution in [2.24, 2.45) is 7.05 Å². The van der Waals surface area contributed by atoms with E-state index in [1.54, 1.807) is 28.9 Å². The summed E-state index contributed by atoms with van der Waals surface area (Å²) in [6.07, 6.45) is 3.29. The van der Waals surface area contributed by atoms with Gasteiger partial charge in [-0.2, -0.15) is 0 Å². The van der Waals surface area contributed by atoms with Gasteiger partial charge in [0.15, 0.2) is 5.82 Å². The molecular formula is C18H23N3O4. The Kier molecular flexibility index (Phi) is 5.06. The molecule has 0 aliphatic carbocycles. The summed E-state index contributed by atoms with van der Waals surface area (Å²) < 4.78 is 12.9. The van der Waals surface area contributed by atoms with E-state index in [0.717, 1.165) is 5.56 Å². The van der Waals surface area contributed by atoms with Crippen LogP contribution in [-0.4, -0.2) is 64.0 Å². The monoisotopic (exact) mass is 345 g/mol. The van der Waals surface area contributed by atoms with Gasteiger partial charge in [0.2, 0.25) is 0 Å². The fourth-order valence-corrected chi connectivity index (χ4v) is 2.81. The van der Waals surface area contributed by atoms with E-state index < -0.39 is 5.60 Å². The lowest BCUT2D eigenvalue weighted by molar-refractivity contribution is -0.0621. The van der Waals surface area contributed by atoms with Gasteiger partial charge in [0.25, 0.3) is 5.91 Å². The predicted octanol–water partition coefficient (Wildman–Crippen LogP) is 1.01. The quantitative estimate of drug-likeness (QED) is 0.895. The fourth-order valence-electron chi connectivity index (χ4n) is 2.81. The number of carbonyl (C=O) groups is 1. The van der Waals surface area contributed by atoms with Crippen molar-refractivity contribution in [2.45, 2.75) is 12.5 Å². The lowest BCUT2D eigenvalue weighted by atomic mass is 10.1. The van der Waals surface area contributed by atoms with Gasteiger partial charge in [-0.05, 0) is 24.6 Å². The molecule has 0 radical (unpaired) electrons. The first kappa shape index (κ1) is 17.4. The Balaban J connectivity index is 1.70. The van der Waals surface area contributed by atoms with Gasteiger partial charge in [-0.25, -0.2) is 4.98 Å². The van der Waals surface area contributed by atoms with Crippen LogP contribution in [0.3, 0.4) is 0 Å². The van der Waals surface area contributed by atoms with Gasteiger partial charge in [-0.15, -0.1) is 0 Å². The maximum Gasteiger partial charge on any atom is 0.290 e. The van der Waals surface area contributed by atoms with Gasteiger partial charge in [-0.1, -0.05) is 12.1 Å². The maximum atomic E-state index is 12.7. The molecule has 2 aromatic rings. The first-order chi connectivity index (χ1) is 12.0. The highest BCUT2D eigenvalue weighted by Crippen LogP contribution is 2.18. The number of imidazole rings is 1. The summed E-state index contributed by atoms with van der Waals surface area (Å²) in [5.74, 6) is 0.787. The Labute approximate surface area is 146 Å². The Bertz CT molecular complexity index is 745. The molecule has 134 valence electrons. The van der Waals surface area contributed by atoms with Crippen LogP contribution in [0.1, 0.15) is 16.2 Å². The molecule has 25 heavy (non-hydrogen) atoms. The smallest absolute Gasteiger partial charge is 0.290 e. The number of nitrogens with zero attached hydrogens (tertiary/aromatic N) is 3. The van der Waals surface area contributed by atoms with Crippen molar-refractivity contribution in [3.8, 4) is 5.75 Å². The Hall–Kier alpha value is -2.38. The Morgan fingerprint density at radius 1 is 1.48 bits per heavy atom. The SMILES string of the molecule is Cc1cccc(OC[C@]2(O)COCCN(C(=O)c3nccn3C)C2)c1. The van der Waals surface area contributed by atoms with E-state index >= 15 is 0 Å². The van der Waals surface area contributed by atoms with E-state index in [9.17, 15) is 9.90 Å². The molecule has 1 fully saturated rings. The minimum atomic E-state index is -1.28. The van der Waals surface area contributed by atoms with Crippen LogP contribution in [0, 0.1) is 6.92 Å². The van der Waals surface area contributed by atoms with E-state index in [4.69, 9.17) is 9.47 Å². The van der Waals surface area contributed by atoms with E-state index in [0.29, 0.717) is 24.7 Å². The average molecular weight is 345 g/mol. The summed E-state index contributed by atoms with van der Waals surface area (Å²) in [5, 5.41) is 10.9. The van der Waals surface area contributed by atoms with Crippen molar-refractivity contribution in [3.63, 3.8) is 0 Å². The highest BCUT2D eigenvalue weighted by atomic mass is 16.5. The summed E-state index contributed by atoms with van der Waals surface area (Å²) in [6.45, 7) is 3.03. The zero-order chi connectivity index (χ0) is 17.9. The third-order valence-electron chi connectivity index (χ3n) is 4.16. The summed E-state index contributed by atoms with van der Waals surface area (Å²) in [6, 6.07) is 7.61. The molecule has 0 spiro atoms. The molecule has 1 aliphatic heterocycles. The minimum absolute atomic E-state index is 0.0425. The van der Waals surface area contributed by atoms with Crippen molar-refractivity contribution in [1.82, 2.24) is 14.5 Å². The summed E-state index contributed by atoms with van der Waals surface area (Å²) in [4.78, 5) is 18.3. The lowest BCUT2D eigenvalue weighted by Crippen LogP contribution is -2.50. The number of hydrogen-bond donors (Lipinski definition) is 1. The van der Waals surface area contributed by atoms with Crippen molar-refractivity contribution >= 4 is 5.91 Å². The molecule has 0 saturated carbocycles. The Morgan fingerprint density at radius 2 is 2.32 bits per heavy atom. The van der Waals surface area contributed by atoms with Gasteiger partial charge in [0.1, 0.15) is 18.0 Å². The van der Waals surface area contributed by atoms with Crippen LogP contribution in [0.15, 0.2) is 36.7 Å². The summed E-state index contributed by atoms with van der Waals surface area (Å²) in [7, 11) is 1.77. The highest BCUT2D eigenvalue weighted by Gasteiger charge is 2.36. The van der Waals surface area contributed by atoms with E-state index in [1.807, 2.05) is 31.2 Å². The van der Waals surface area contributed by atoms with Crippen LogP contribution in [0.25, 0.3) is 0 Å². The van der Waals surface area contributed by atoms with Gasteiger partial charge in [0, 0.05) is 26.0 Å². The minimum Gasteiger partial charge on any atom is -0.490 e. The number of carbonyl (C=O) groups excluding carboxylic acids is 1. The highest BCUT2D eigenvalue weighted by molar-refractivity contribution is 5.90. The Morgan fingerprint density at radius 3 is 3.04 bits per heavy atom. The average Bonchev–Trinajstić information content (AvgIpc) is 2.91. The topological polar surface area (TPSA) is 76.8 Å². The van der Waals surface area contributed by atoms with Crippen molar-refractivity contribution in [2.75, 3.05) is 32.9 Å². The molecule has 1 aromatic carbocycles. The number of benzene rings is 1. The zero-order valence-corrected chi connectivity index (χ0v) is 14.5. The molecule has 7 nitrogen and oxygen atoms in total. The number of hydrogen-bond acceptors (Lipinski definition) is 5. The van der Waals surface area contributed by atoms with Crippen molar-refractivity contribution in [3.05, 3.63) is 48.0 Å². The number of aryl methyl sites for hydroxylation is 2. The molecule has 2 heterocycles. The molecule has 3 rings (SSSR count). The first-order valence-electron chi connectivity index (χ1n) is 8.23. The van der Waals surface area contributed by atoms with Crippen LogP contribution in [0.5, 0.6) is 5.75 Å². The molecular weight excluding hydrogens is 322 g/mol. The van der Waals surface area contributed by atoms with E-state index in [-0.39, 0.29) is 25.7 Å². The number of β-amino-alcohol motifs (C(OH)–C–C–N with tert-alkyl or cyclic N) is 1. The van der Waals surface area contributed by atoms with Gasteiger partial charge >= 0.3 is 0 Å². The molecule has 1 aromatic heterocycles. The molecule has 1 N–H and O–H groups in total. The number of aromatic nitrogens is 2. The normalized spacial score (nSPS) is 21.0. The second-order valence-corrected chi connectivity index (χ2v) is 6.47. The number of amides is 1. The third-order valence-corrected chi connectivity index (χ3v) is 4.16. The van der Waals surface area contributed by atoms with Crippen molar-refractivity contribution in [1.29, 1.82) is 0 Å². The van der Waals surface area contributed by atoms with Gasteiger partial charge < -0.3 is 24.0 Å². The van der Waals surface area contributed by atoms with E-state index in [1.165, 1.54) is 0 Å². The fraction of sp³-hybridized carbons (Fsp3) is 0.444. The lowest BCUT2D eigenvalue weighted by Gasteiger charge is -2.30. The summed E-state index contributed by atoms with van der Waals surface area (Å²) >= 11 is 0. The number of rotatable bonds is 4. The second kappa shape index (κ2) is 7.25. The second-order valence-electron chi connectivity index (χ2n) is 6.47. The van der Waals surface area contributed by atoms with Crippen LogP contribution < -0.4 is 4.74 Å². The van der Waals surface area contributed by atoms with Crippen molar-refractivity contribution < 1.29 is 19.4 Å². The first-order valence-corrected chi connectivity index (χ1v) is 8.23. The summed E-state index contributed by atoms with van der Waals surface area (Å²) in [5.41, 5.74) is -0.200. The molecule has 7 heteroatoms. The largest absolute Gasteiger partial charge is 0.490 e. The van der Waals surface area contributed by atoms with Crippen LogP contribution >= 0.6 is 0 Å². The molecule has 1 amide bonds. The molecule has 1 aliphatic rings. The molecule has 1 saturated heterocycles. The zero-order valence-electron chi connectivity index (χ0n) is 14.5. The molecule has 1 atom stereocenters. The van der Waals surface area contributed by atoms with E-state index in [2.05, 4.69) is 4.98 Å². The third kappa shape index (κ3) is 4.18. The standard InChI is InChI=1S/C18H23N3O4/c1-14-4-3-5-15(10-14)25-13-18(23)11-21(8-9-24-12-18)17(22)16-19-6-7-20(16)2/h3-7,10,23H,8-9,11-13H2,1-2H3/t18-/m1/s1.